The fourth-order valence-corrected chi connectivity index (χ4v) is 4.39. The average molecular weight is 526 g/mol. The van der Waals surface area contributed by atoms with Gasteiger partial charge in [0.15, 0.2) is 5.96 Å². The van der Waals surface area contributed by atoms with Crippen LogP contribution < -0.4 is 27.4 Å². The molecule has 2 aromatic rings. The summed E-state index contributed by atoms with van der Waals surface area (Å²) < 4.78 is 6.83. The van der Waals surface area contributed by atoms with E-state index < -0.39 is 41.8 Å². The van der Waals surface area contributed by atoms with Gasteiger partial charge in [-0.1, -0.05) is 30.4 Å². The van der Waals surface area contributed by atoms with E-state index in [0.717, 1.165) is 10.9 Å². The Labute approximate surface area is 220 Å². The summed E-state index contributed by atoms with van der Waals surface area (Å²) in [7, 11) is 1.25. The molecule has 38 heavy (non-hydrogen) atoms. The van der Waals surface area contributed by atoms with Gasteiger partial charge in [-0.2, -0.15) is 0 Å². The molecule has 7 N–H and O–H groups in total. The molecule has 3 atom stereocenters. The van der Waals surface area contributed by atoms with Crippen molar-refractivity contribution in [3.05, 3.63) is 48.2 Å². The second-order valence-corrected chi connectivity index (χ2v) is 9.04. The SMILES string of the molecule is COC(=O)[C@@H]1C/C=C/Cn2cc(c3ccccc32)C(NC(C)=O)C(=O)N[C@H](CCCCN=C(N)N)C(=O)N1. The lowest BCUT2D eigenvalue weighted by atomic mass is 10.0. The van der Waals surface area contributed by atoms with Crippen molar-refractivity contribution in [1.82, 2.24) is 20.5 Å². The van der Waals surface area contributed by atoms with Gasteiger partial charge in [0.1, 0.15) is 18.1 Å². The number of nitrogens with one attached hydrogen (secondary N) is 3. The number of guanidine groups is 1. The maximum Gasteiger partial charge on any atom is 0.328 e. The van der Waals surface area contributed by atoms with Crippen molar-refractivity contribution in [2.45, 2.75) is 57.3 Å². The van der Waals surface area contributed by atoms with E-state index in [1.165, 1.54) is 14.0 Å². The number of carbonyl (C=O) groups excluding carboxylic acids is 4. The number of hydrogen-bond donors (Lipinski definition) is 5. The van der Waals surface area contributed by atoms with Crippen LogP contribution in [0, 0.1) is 0 Å². The molecule has 2 heterocycles. The summed E-state index contributed by atoms with van der Waals surface area (Å²) in [5.41, 5.74) is 12.2. The first-order valence-electron chi connectivity index (χ1n) is 12.4. The van der Waals surface area contributed by atoms with E-state index in [0.29, 0.717) is 31.5 Å². The van der Waals surface area contributed by atoms with Crippen LogP contribution in [0.3, 0.4) is 0 Å². The van der Waals surface area contributed by atoms with E-state index in [4.69, 9.17) is 16.2 Å². The molecule has 0 fully saturated rings. The molecule has 1 aromatic carbocycles. The Morgan fingerprint density at radius 1 is 1.13 bits per heavy atom. The van der Waals surface area contributed by atoms with Gasteiger partial charge in [-0.25, -0.2) is 4.79 Å². The fourth-order valence-electron chi connectivity index (χ4n) is 4.39. The first kappa shape index (κ1) is 28.2. The molecule has 12 heteroatoms. The molecule has 1 aliphatic rings. The maximum absolute atomic E-state index is 13.6. The van der Waals surface area contributed by atoms with Crippen LogP contribution in [-0.2, 0) is 30.5 Å². The number of amides is 3. The molecule has 0 saturated heterocycles. The molecule has 0 saturated carbocycles. The molecule has 3 rings (SSSR count). The smallest absolute Gasteiger partial charge is 0.328 e. The zero-order chi connectivity index (χ0) is 27.7. The van der Waals surface area contributed by atoms with Gasteiger partial charge < -0.3 is 36.7 Å². The molecule has 1 unspecified atom stereocenters. The minimum absolute atomic E-state index is 0.0275. The van der Waals surface area contributed by atoms with E-state index in [2.05, 4.69) is 20.9 Å². The lowest BCUT2D eigenvalue weighted by Crippen LogP contribution is -2.53. The van der Waals surface area contributed by atoms with Crippen LogP contribution in [0.5, 0.6) is 0 Å². The highest BCUT2D eigenvalue weighted by Crippen LogP contribution is 2.27. The summed E-state index contributed by atoms with van der Waals surface area (Å²) >= 11 is 0. The highest BCUT2D eigenvalue weighted by atomic mass is 16.5. The lowest BCUT2D eigenvalue weighted by Gasteiger charge is -2.24. The van der Waals surface area contributed by atoms with E-state index in [-0.39, 0.29) is 18.8 Å². The molecule has 1 aliphatic heterocycles. The molecule has 3 amide bonds. The van der Waals surface area contributed by atoms with E-state index in [1.54, 1.807) is 6.08 Å². The number of hydrogen-bond acceptors (Lipinski definition) is 6. The predicted molar refractivity (Wildman–Crippen MR) is 143 cm³/mol. The Hall–Kier alpha value is -4.35. The van der Waals surface area contributed by atoms with Crippen LogP contribution in [0.1, 0.15) is 44.2 Å². The summed E-state index contributed by atoms with van der Waals surface area (Å²) in [5, 5.41) is 9.01. The Bertz CT molecular complexity index is 1230. The number of aromatic nitrogens is 1. The van der Waals surface area contributed by atoms with Gasteiger partial charge in [0, 0.05) is 42.7 Å². The van der Waals surface area contributed by atoms with Gasteiger partial charge in [0.2, 0.25) is 17.7 Å². The molecule has 0 radical (unpaired) electrons. The van der Waals surface area contributed by atoms with Gasteiger partial charge in [0.25, 0.3) is 0 Å². The van der Waals surface area contributed by atoms with Crippen LogP contribution in [-0.4, -0.2) is 60.0 Å². The van der Waals surface area contributed by atoms with Crippen molar-refractivity contribution in [3.63, 3.8) is 0 Å². The van der Waals surface area contributed by atoms with Crippen LogP contribution in [0.25, 0.3) is 10.9 Å². The van der Waals surface area contributed by atoms with Gasteiger partial charge in [0.05, 0.1) is 7.11 Å². The largest absolute Gasteiger partial charge is 0.467 e. The summed E-state index contributed by atoms with van der Waals surface area (Å²) in [6, 6.07) is 4.60. The number of nitrogens with two attached hydrogens (primary N) is 2. The minimum atomic E-state index is -1.04. The number of carbonyl (C=O) groups is 4. The molecule has 0 spiro atoms. The second-order valence-electron chi connectivity index (χ2n) is 9.04. The number of esters is 1. The quantitative estimate of drug-likeness (QED) is 0.114. The van der Waals surface area contributed by atoms with Gasteiger partial charge in [-0.3, -0.25) is 19.4 Å². The van der Waals surface area contributed by atoms with Gasteiger partial charge in [-0.15, -0.1) is 0 Å². The topological polar surface area (TPSA) is 183 Å². The summed E-state index contributed by atoms with van der Waals surface area (Å²) in [6.45, 7) is 2.15. The fraction of sp³-hybridized carbons (Fsp3) is 0.423. The van der Waals surface area contributed by atoms with Crippen LogP contribution in [0.15, 0.2) is 47.6 Å². The average Bonchev–Trinajstić information content (AvgIpc) is 3.24. The third kappa shape index (κ3) is 7.34. The number of rotatable bonds is 7. The number of benzene rings is 1. The summed E-state index contributed by atoms with van der Waals surface area (Å²) in [4.78, 5) is 55.3. The van der Waals surface area contributed by atoms with Crippen molar-refractivity contribution in [2.75, 3.05) is 13.7 Å². The summed E-state index contributed by atoms with van der Waals surface area (Å²) in [6.07, 6.45) is 7.06. The Balaban J connectivity index is 2.00. The molecule has 0 aliphatic carbocycles. The molecular weight excluding hydrogens is 490 g/mol. The zero-order valence-corrected chi connectivity index (χ0v) is 21.6. The number of ether oxygens (including phenoxy) is 1. The summed E-state index contributed by atoms with van der Waals surface area (Å²) in [5.74, 6) is -2.11. The van der Waals surface area contributed by atoms with Crippen LogP contribution in [0.2, 0.25) is 0 Å². The third-order valence-corrected chi connectivity index (χ3v) is 6.21. The Morgan fingerprint density at radius 3 is 2.61 bits per heavy atom. The number of nitrogens with zero attached hydrogens (tertiary/aromatic N) is 2. The van der Waals surface area contributed by atoms with Crippen molar-refractivity contribution in [2.24, 2.45) is 16.5 Å². The predicted octanol–water partition coefficient (Wildman–Crippen LogP) is 0.365. The van der Waals surface area contributed by atoms with Crippen molar-refractivity contribution < 1.29 is 23.9 Å². The third-order valence-electron chi connectivity index (χ3n) is 6.21. The van der Waals surface area contributed by atoms with Crippen molar-refractivity contribution in [3.8, 4) is 0 Å². The number of fused-ring (bicyclic) bond motifs is 5. The standard InChI is InChI=1S/C26H35N7O5/c1-16(34)30-22-18-15-33(21-12-4-3-9-17(18)21)14-8-6-11-20(25(37)38-2)32-23(35)19(31-24(22)36)10-5-7-13-29-26(27)28/h3-4,6,8-9,12,15,19-20,22H,5,7,10-11,13-14H2,1-2H3,(H,30,34)(H,31,36)(H,32,35)(H4,27,28,29)/b8-6+/t19-,20+,22?/m1/s1. The normalized spacial score (nSPS) is 20.9. The zero-order valence-electron chi connectivity index (χ0n) is 21.6. The lowest BCUT2D eigenvalue weighted by molar-refractivity contribution is -0.145. The van der Waals surface area contributed by atoms with Crippen molar-refractivity contribution >= 4 is 40.6 Å². The van der Waals surface area contributed by atoms with Crippen molar-refractivity contribution in [1.29, 1.82) is 0 Å². The number of methoxy groups -OCH3 is 1. The Morgan fingerprint density at radius 2 is 1.89 bits per heavy atom. The molecular formula is C26H35N7O5. The molecule has 204 valence electrons. The van der Waals surface area contributed by atoms with E-state index in [9.17, 15) is 19.2 Å². The van der Waals surface area contributed by atoms with Crippen LogP contribution >= 0.6 is 0 Å². The number of para-hydroxylation sites is 1. The first-order valence-corrected chi connectivity index (χ1v) is 12.4. The van der Waals surface area contributed by atoms with Gasteiger partial charge in [-0.05, 0) is 31.7 Å². The molecule has 2 bridgehead atoms. The monoisotopic (exact) mass is 525 g/mol. The van der Waals surface area contributed by atoms with Crippen LogP contribution in [0.4, 0.5) is 0 Å². The van der Waals surface area contributed by atoms with E-state index >= 15 is 0 Å². The number of unbranched alkanes of at least 4 members (excludes halogenated alkanes) is 1. The highest BCUT2D eigenvalue weighted by molar-refractivity contribution is 5.97. The highest BCUT2D eigenvalue weighted by Gasteiger charge is 2.31. The minimum Gasteiger partial charge on any atom is -0.467 e. The van der Waals surface area contributed by atoms with E-state index in [1.807, 2.05) is 41.1 Å². The van der Waals surface area contributed by atoms with Gasteiger partial charge >= 0.3 is 5.97 Å². The number of allylic oxidation sites excluding steroid dienone is 1. The Kier molecular flexibility index (Phi) is 9.85. The number of aliphatic imine (C=N–C) groups is 1. The molecule has 12 nitrogen and oxygen atoms in total. The maximum atomic E-state index is 13.6. The molecule has 1 aromatic heterocycles. The first-order chi connectivity index (χ1) is 18.2. The second kappa shape index (κ2) is 13.3.